The van der Waals surface area contributed by atoms with E-state index in [4.69, 9.17) is 5.73 Å². The van der Waals surface area contributed by atoms with Crippen LogP contribution in [0, 0.1) is 10.1 Å². The maximum absolute atomic E-state index is 12.0. The van der Waals surface area contributed by atoms with E-state index in [-0.39, 0.29) is 17.1 Å². The highest BCUT2D eigenvalue weighted by molar-refractivity contribution is 7.89. The first-order valence-corrected chi connectivity index (χ1v) is 6.90. The lowest BCUT2D eigenvalue weighted by Crippen LogP contribution is -2.24. The first kappa shape index (κ1) is 14.0. The first-order chi connectivity index (χ1) is 9.40. The number of nitro benzene ring substituents is 1. The first-order valence-electron chi connectivity index (χ1n) is 5.42. The highest BCUT2D eigenvalue weighted by Crippen LogP contribution is 2.24. The molecule has 4 N–H and O–H groups in total. The van der Waals surface area contributed by atoms with Gasteiger partial charge >= 0.3 is 0 Å². The number of nitrogens with zero attached hydrogens (tertiary/aromatic N) is 2. The van der Waals surface area contributed by atoms with Gasteiger partial charge in [-0.2, -0.15) is 0 Å². The number of aromatic amines is 1. The second-order valence-electron chi connectivity index (χ2n) is 3.84. The Morgan fingerprint density at radius 1 is 1.45 bits per heavy atom. The lowest BCUT2D eigenvalue weighted by Gasteiger charge is -2.06. The summed E-state index contributed by atoms with van der Waals surface area (Å²) in [6.07, 6.45) is 3.04. The molecule has 10 heteroatoms. The van der Waals surface area contributed by atoms with Crippen LogP contribution in [-0.4, -0.2) is 23.3 Å². The summed E-state index contributed by atoms with van der Waals surface area (Å²) in [6.45, 7) is -0.0481. The van der Waals surface area contributed by atoms with Crippen LogP contribution in [0.15, 0.2) is 35.5 Å². The number of nitrogens with one attached hydrogen (secondary N) is 2. The Balaban J connectivity index is 2.25. The summed E-state index contributed by atoms with van der Waals surface area (Å²) in [6, 6.07) is 3.30. The summed E-state index contributed by atoms with van der Waals surface area (Å²) in [4.78, 5) is 16.4. The van der Waals surface area contributed by atoms with Crippen molar-refractivity contribution >= 4 is 21.4 Å². The molecule has 0 saturated carbocycles. The van der Waals surface area contributed by atoms with Crippen molar-refractivity contribution in [2.24, 2.45) is 0 Å². The van der Waals surface area contributed by atoms with Crippen molar-refractivity contribution in [1.82, 2.24) is 14.7 Å². The van der Waals surface area contributed by atoms with Gasteiger partial charge in [0.05, 0.1) is 16.4 Å². The molecule has 0 radical (unpaired) electrons. The van der Waals surface area contributed by atoms with Gasteiger partial charge in [-0.05, 0) is 12.1 Å². The van der Waals surface area contributed by atoms with Crippen LogP contribution in [-0.2, 0) is 16.6 Å². The van der Waals surface area contributed by atoms with Crippen molar-refractivity contribution in [2.45, 2.75) is 11.4 Å². The van der Waals surface area contributed by atoms with Crippen LogP contribution in [0.1, 0.15) is 5.82 Å². The predicted molar refractivity (Wildman–Crippen MR) is 70.1 cm³/mol. The van der Waals surface area contributed by atoms with E-state index in [0.29, 0.717) is 5.82 Å². The van der Waals surface area contributed by atoms with Gasteiger partial charge in [0.25, 0.3) is 5.69 Å². The third-order valence-corrected chi connectivity index (χ3v) is 3.89. The number of hydrogen-bond donors (Lipinski definition) is 3. The van der Waals surface area contributed by atoms with Gasteiger partial charge < -0.3 is 10.7 Å². The third-order valence-electron chi connectivity index (χ3n) is 2.49. The Morgan fingerprint density at radius 3 is 2.80 bits per heavy atom. The van der Waals surface area contributed by atoms with E-state index in [9.17, 15) is 18.5 Å². The average Bonchev–Trinajstić information content (AvgIpc) is 2.89. The normalized spacial score (nSPS) is 11.4. The lowest BCUT2D eigenvalue weighted by atomic mass is 10.3. The maximum atomic E-state index is 12.0. The number of nitrogen functional groups attached to an aromatic ring is 1. The number of nitro groups is 1. The number of aromatic nitrogens is 2. The maximum Gasteiger partial charge on any atom is 0.293 e. The van der Waals surface area contributed by atoms with Crippen LogP contribution < -0.4 is 10.5 Å². The topological polar surface area (TPSA) is 144 Å². The molecule has 0 fully saturated rings. The SMILES string of the molecule is Nc1ccc(S(=O)(=O)NCc2ncc[nH]2)cc1[N+](=O)[O-]. The molecule has 2 aromatic rings. The monoisotopic (exact) mass is 297 g/mol. The lowest BCUT2D eigenvalue weighted by molar-refractivity contribution is -0.384. The number of benzene rings is 1. The van der Waals surface area contributed by atoms with Gasteiger partial charge in [0.2, 0.25) is 10.0 Å². The molecular weight excluding hydrogens is 286 g/mol. The Hall–Kier alpha value is -2.46. The van der Waals surface area contributed by atoms with Gasteiger partial charge in [-0.3, -0.25) is 10.1 Å². The molecule has 0 atom stereocenters. The van der Waals surface area contributed by atoms with Crippen LogP contribution in [0.2, 0.25) is 0 Å². The van der Waals surface area contributed by atoms with Crippen molar-refractivity contribution in [2.75, 3.05) is 5.73 Å². The second-order valence-corrected chi connectivity index (χ2v) is 5.61. The van der Waals surface area contributed by atoms with E-state index in [0.717, 1.165) is 6.07 Å². The molecular formula is C10H11N5O4S. The number of hydrogen-bond acceptors (Lipinski definition) is 6. The number of nitrogens with two attached hydrogens (primary N) is 1. The number of imidazole rings is 1. The minimum atomic E-state index is -3.88. The summed E-state index contributed by atoms with van der Waals surface area (Å²) < 4.78 is 26.3. The van der Waals surface area contributed by atoms with Gasteiger partial charge in [-0.15, -0.1) is 0 Å². The van der Waals surface area contributed by atoms with Gasteiger partial charge in [0.1, 0.15) is 11.5 Å². The molecule has 0 spiro atoms. The molecule has 0 aliphatic rings. The van der Waals surface area contributed by atoms with E-state index in [1.165, 1.54) is 18.3 Å². The minimum Gasteiger partial charge on any atom is -0.393 e. The van der Waals surface area contributed by atoms with E-state index in [1.54, 1.807) is 6.20 Å². The van der Waals surface area contributed by atoms with Gasteiger partial charge in [-0.25, -0.2) is 18.1 Å². The molecule has 0 aliphatic carbocycles. The Kier molecular flexibility index (Phi) is 3.68. The number of H-pyrrole nitrogens is 1. The fourth-order valence-electron chi connectivity index (χ4n) is 1.49. The van der Waals surface area contributed by atoms with Crippen LogP contribution in [0.25, 0.3) is 0 Å². The zero-order valence-electron chi connectivity index (χ0n) is 10.1. The van der Waals surface area contributed by atoms with Gasteiger partial charge in [-0.1, -0.05) is 0 Å². The molecule has 0 bridgehead atoms. The molecule has 1 aromatic carbocycles. The smallest absolute Gasteiger partial charge is 0.293 e. The molecule has 0 aliphatic heterocycles. The van der Waals surface area contributed by atoms with Crippen LogP contribution in [0.4, 0.5) is 11.4 Å². The standard InChI is InChI=1S/C10H11N5O4S/c11-8-2-1-7(5-9(8)15(16)17)20(18,19)14-6-10-12-3-4-13-10/h1-5,14H,6,11H2,(H,12,13). The van der Waals surface area contributed by atoms with Crippen LogP contribution >= 0.6 is 0 Å². The van der Waals surface area contributed by atoms with Crippen molar-refractivity contribution < 1.29 is 13.3 Å². The van der Waals surface area contributed by atoms with Gasteiger partial charge in [0, 0.05) is 18.5 Å². The van der Waals surface area contributed by atoms with E-state index in [2.05, 4.69) is 14.7 Å². The average molecular weight is 297 g/mol. The van der Waals surface area contributed by atoms with E-state index >= 15 is 0 Å². The fraction of sp³-hybridized carbons (Fsp3) is 0.100. The molecule has 0 amide bonds. The minimum absolute atomic E-state index is 0.0481. The molecule has 1 heterocycles. The Labute approximate surface area is 114 Å². The summed E-state index contributed by atoms with van der Waals surface area (Å²) in [5.41, 5.74) is 4.86. The number of rotatable bonds is 5. The van der Waals surface area contributed by atoms with E-state index in [1.807, 2.05) is 0 Å². The largest absolute Gasteiger partial charge is 0.393 e. The predicted octanol–water partition coefficient (Wildman–Crippen LogP) is 0.379. The molecule has 106 valence electrons. The second kappa shape index (κ2) is 5.27. The van der Waals surface area contributed by atoms with E-state index < -0.39 is 20.6 Å². The molecule has 9 nitrogen and oxygen atoms in total. The van der Waals surface area contributed by atoms with Gasteiger partial charge in [0.15, 0.2) is 0 Å². The zero-order chi connectivity index (χ0) is 14.8. The molecule has 1 aromatic heterocycles. The molecule has 2 rings (SSSR count). The Morgan fingerprint density at radius 2 is 2.20 bits per heavy atom. The van der Waals surface area contributed by atoms with Crippen LogP contribution in [0.3, 0.4) is 0 Å². The third kappa shape index (κ3) is 2.92. The summed E-state index contributed by atoms with van der Waals surface area (Å²) in [5, 5.41) is 10.7. The summed E-state index contributed by atoms with van der Waals surface area (Å²) in [5.74, 6) is 0.429. The molecule has 0 unspecified atom stereocenters. The van der Waals surface area contributed by atoms with Crippen molar-refractivity contribution in [3.63, 3.8) is 0 Å². The van der Waals surface area contributed by atoms with Crippen LogP contribution in [0.5, 0.6) is 0 Å². The van der Waals surface area contributed by atoms with Crippen molar-refractivity contribution in [3.8, 4) is 0 Å². The number of sulfonamides is 1. The Bertz CT molecular complexity index is 726. The van der Waals surface area contributed by atoms with Crippen molar-refractivity contribution in [1.29, 1.82) is 0 Å². The molecule has 0 saturated heterocycles. The quantitative estimate of drug-likeness (QED) is 0.413. The highest BCUT2D eigenvalue weighted by Gasteiger charge is 2.20. The zero-order valence-corrected chi connectivity index (χ0v) is 10.9. The fourth-order valence-corrected chi connectivity index (χ4v) is 2.50. The summed E-state index contributed by atoms with van der Waals surface area (Å²) in [7, 11) is -3.88. The summed E-state index contributed by atoms with van der Waals surface area (Å²) >= 11 is 0. The van der Waals surface area contributed by atoms with Crippen molar-refractivity contribution in [3.05, 3.63) is 46.5 Å². The molecule has 20 heavy (non-hydrogen) atoms. The highest BCUT2D eigenvalue weighted by atomic mass is 32.2. The number of anilines is 1.